The summed E-state index contributed by atoms with van der Waals surface area (Å²) in [5, 5.41) is 14.5. The fourth-order valence-electron chi connectivity index (χ4n) is 7.16. The lowest BCUT2D eigenvalue weighted by Gasteiger charge is -2.49. The summed E-state index contributed by atoms with van der Waals surface area (Å²) < 4.78 is 57.5. The maximum Gasteiger partial charge on any atom is 0.217 e. The van der Waals surface area contributed by atoms with E-state index in [0.717, 1.165) is 22.3 Å². The van der Waals surface area contributed by atoms with E-state index in [1.807, 2.05) is 121 Å². The zero-order valence-electron chi connectivity index (χ0n) is 31.0. The zero-order valence-corrected chi connectivity index (χ0v) is 31.0. The molecule has 12 heteroatoms. The van der Waals surface area contributed by atoms with Crippen molar-refractivity contribution >= 4 is 5.91 Å². The Morgan fingerprint density at radius 2 is 1.20 bits per heavy atom. The molecule has 0 aromatic heterocycles. The largest absolute Gasteiger partial charge is 0.388 e. The molecule has 3 aliphatic rings. The number of aliphatic hydroxyl groups excluding tert-OH is 1. The van der Waals surface area contributed by atoms with E-state index in [4.69, 9.17) is 42.6 Å². The van der Waals surface area contributed by atoms with Crippen LogP contribution < -0.4 is 5.32 Å². The van der Waals surface area contributed by atoms with E-state index in [0.29, 0.717) is 0 Å². The molecule has 12 nitrogen and oxygen atoms in total. The highest BCUT2D eigenvalue weighted by Gasteiger charge is 2.52. The maximum atomic E-state index is 12.5. The van der Waals surface area contributed by atoms with Crippen LogP contribution in [0.2, 0.25) is 0 Å². The molecule has 1 amide bonds. The summed E-state index contributed by atoms with van der Waals surface area (Å²) in [6.45, 7) is 2.26. The molecule has 4 aromatic rings. The lowest BCUT2D eigenvalue weighted by Crippen LogP contribution is -2.67. The highest BCUT2D eigenvalue weighted by molar-refractivity contribution is 5.73. The molecule has 0 bridgehead atoms. The first-order chi connectivity index (χ1) is 27.0. The molecule has 1 unspecified atom stereocenters. The van der Waals surface area contributed by atoms with Crippen LogP contribution in [0.4, 0.5) is 0 Å². The number of fused-ring (bicyclic) bond motifs is 1. The van der Waals surface area contributed by atoms with Crippen LogP contribution >= 0.6 is 0 Å². The summed E-state index contributed by atoms with van der Waals surface area (Å²) >= 11 is 0. The minimum atomic E-state index is -1.18. The summed E-state index contributed by atoms with van der Waals surface area (Å²) in [4.78, 5) is 12.5. The first kappa shape index (κ1) is 39.2. The third-order valence-electron chi connectivity index (χ3n) is 9.91. The number of hydrogen-bond acceptors (Lipinski definition) is 11. The van der Waals surface area contributed by atoms with Gasteiger partial charge in [0, 0.05) is 19.6 Å². The first-order valence-corrected chi connectivity index (χ1v) is 18.7. The molecule has 55 heavy (non-hydrogen) atoms. The van der Waals surface area contributed by atoms with Crippen molar-refractivity contribution in [2.45, 2.75) is 94.4 Å². The molecule has 292 valence electrons. The van der Waals surface area contributed by atoms with Crippen LogP contribution in [0.25, 0.3) is 0 Å². The number of rotatable bonds is 15. The average Bonchev–Trinajstić information content (AvgIpc) is 3.23. The van der Waals surface area contributed by atoms with Crippen LogP contribution in [-0.4, -0.2) is 92.7 Å². The minimum Gasteiger partial charge on any atom is -0.388 e. The third-order valence-corrected chi connectivity index (χ3v) is 9.91. The van der Waals surface area contributed by atoms with E-state index in [9.17, 15) is 9.90 Å². The van der Waals surface area contributed by atoms with Gasteiger partial charge in [-0.1, -0.05) is 121 Å². The van der Waals surface area contributed by atoms with Crippen molar-refractivity contribution in [3.8, 4) is 0 Å². The lowest BCUT2D eigenvalue weighted by atomic mass is 9.95. The average molecular weight is 756 g/mol. The number of carbonyl (C=O) groups is 1. The Morgan fingerprint density at radius 3 is 1.75 bits per heavy atom. The molecule has 0 radical (unpaired) electrons. The van der Waals surface area contributed by atoms with Gasteiger partial charge in [-0.15, -0.1) is 0 Å². The Morgan fingerprint density at radius 1 is 0.673 bits per heavy atom. The quantitative estimate of drug-likeness (QED) is 0.173. The second-order valence-electron chi connectivity index (χ2n) is 13.8. The number of ether oxygens (including phenoxy) is 9. The second kappa shape index (κ2) is 19.2. The van der Waals surface area contributed by atoms with Gasteiger partial charge in [0.2, 0.25) is 5.91 Å². The molecule has 0 spiro atoms. The summed E-state index contributed by atoms with van der Waals surface area (Å²) in [5.41, 5.74) is 3.72. The molecular weight excluding hydrogens is 706 g/mol. The summed E-state index contributed by atoms with van der Waals surface area (Å²) in [6.07, 6.45) is -8.15. The number of amides is 1. The molecule has 3 aliphatic heterocycles. The summed E-state index contributed by atoms with van der Waals surface area (Å²) in [7, 11) is 1.56. The fourth-order valence-corrected chi connectivity index (χ4v) is 7.16. The van der Waals surface area contributed by atoms with Crippen molar-refractivity contribution in [1.82, 2.24) is 5.32 Å². The Hall–Kier alpha value is -4.05. The molecule has 3 fully saturated rings. The van der Waals surface area contributed by atoms with Crippen LogP contribution in [0.5, 0.6) is 0 Å². The van der Waals surface area contributed by atoms with Gasteiger partial charge in [0.25, 0.3) is 0 Å². The molecular formula is C43H49NO11. The highest BCUT2D eigenvalue weighted by atomic mass is 16.8. The zero-order chi connectivity index (χ0) is 38.0. The summed E-state index contributed by atoms with van der Waals surface area (Å²) in [6, 6.07) is 38.0. The van der Waals surface area contributed by atoms with Crippen molar-refractivity contribution in [2.24, 2.45) is 0 Å². The highest BCUT2D eigenvalue weighted by Crippen LogP contribution is 2.36. The smallest absolute Gasteiger partial charge is 0.217 e. The van der Waals surface area contributed by atoms with Gasteiger partial charge in [0.05, 0.1) is 33.0 Å². The molecule has 3 saturated heterocycles. The van der Waals surface area contributed by atoms with Gasteiger partial charge in [-0.05, 0) is 16.7 Å². The Balaban J connectivity index is 1.13. The van der Waals surface area contributed by atoms with Crippen molar-refractivity contribution in [3.63, 3.8) is 0 Å². The van der Waals surface area contributed by atoms with E-state index < -0.39 is 67.6 Å². The van der Waals surface area contributed by atoms with Crippen molar-refractivity contribution in [3.05, 3.63) is 144 Å². The van der Waals surface area contributed by atoms with Gasteiger partial charge in [0.1, 0.15) is 48.8 Å². The van der Waals surface area contributed by atoms with Gasteiger partial charge in [-0.2, -0.15) is 0 Å². The van der Waals surface area contributed by atoms with Crippen LogP contribution in [0, 0.1) is 0 Å². The van der Waals surface area contributed by atoms with Crippen molar-refractivity contribution in [1.29, 1.82) is 0 Å². The molecule has 11 atom stereocenters. The Bertz CT molecular complexity index is 1740. The molecule has 7 rings (SSSR count). The van der Waals surface area contributed by atoms with Crippen molar-refractivity contribution in [2.75, 3.05) is 20.3 Å². The van der Waals surface area contributed by atoms with E-state index in [1.54, 1.807) is 7.11 Å². The summed E-state index contributed by atoms with van der Waals surface area (Å²) in [5.74, 6) is -0.364. The van der Waals surface area contributed by atoms with E-state index in [-0.39, 0.29) is 38.9 Å². The standard InChI is InChI=1S/C43H49NO11/c1-28(45)44-35-36(46)37-33(26-51-41(55-37)32-21-13-6-14-22-32)53-42(35)52-27-34-38(48-23-29-15-7-3-8-16-29)39(49-24-30-17-9-4-10-18-30)40(43(47-2)54-34)50-25-31-19-11-5-12-20-31/h3-22,33-43,46H,23-27H2,1-2H3,(H,44,45)/t33-,34-,35-,36-,37-,38-,39+,40-,41?,42-,43+/m1/s1. The number of benzene rings is 4. The number of hydrogen-bond donors (Lipinski definition) is 2. The maximum absolute atomic E-state index is 12.5. The lowest BCUT2D eigenvalue weighted by molar-refractivity contribution is -0.356. The number of methoxy groups -OCH3 is 1. The van der Waals surface area contributed by atoms with Gasteiger partial charge in [-0.25, -0.2) is 0 Å². The normalized spacial score (nSPS) is 30.6. The van der Waals surface area contributed by atoms with E-state index >= 15 is 0 Å². The van der Waals surface area contributed by atoms with Crippen molar-refractivity contribution < 1.29 is 52.5 Å². The SMILES string of the molecule is CO[C@H]1O[C@H](CO[C@@H]2O[C@@H]3COC(c4ccccc4)O[C@H]3[C@H](O)[C@H]2NC(C)=O)[C@@H](OCc2ccccc2)[C@H](OCc2ccccc2)[C@H]1OCc1ccccc1. The van der Waals surface area contributed by atoms with E-state index in [2.05, 4.69) is 5.32 Å². The monoisotopic (exact) mass is 755 g/mol. The number of aliphatic hydroxyl groups is 1. The van der Waals surface area contributed by atoms with Gasteiger partial charge in [-0.3, -0.25) is 4.79 Å². The van der Waals surface area contributed by atoms with Gasteiger partial charge < -0.3 is 53.1 Å². The number of nitrogens with one attached hydrogen (secondary N) is 1. The molecule has 0 saturated carbocycles. The molecule has 4 aromatic carbocycles. The Kier molecular flexibility index (Phi) is 13.7. The first-order valence-electron chi connectivity index (χ1n) is 18.7. The second-order valence-corrected chi connectivity index (χ2v) is 13.8. The van der Waals surface area contributed by atoms with Crippen LogP contribution in [0.3, 0.4) is 0 Å². The Labute approximate surface area is 321 Å². The van der Waals surface area contributed by atoms with Crippen LogP contribution in [0.1, 0.15) is 35.5 Å². The minimum absolute atomic E-state index is 0.0743. The topological polar surface area (TPSA) is 132 Å². The van der Waals surface area contributed by atoms with Gasteiger partial charge >= 0.3 is 0 Å². The predicted molar refractivity (Wildman–Crippen MR) is 199 cm³/mol. The fraction of sp³-hybridized carbons (Fsp3) is 0.419. The molecule has 3 heterocycles. The van der Waals surface area contributed by atoms with E-state index in [1.165, 1.54) is 6.92 Å². The predicted octanol–water partition coefficient (Wildman–Crippen LogP) is 4.84. The number of carbonyl (C=O) groups excluding carboxylic acids is 1. The molecule has 0 aliphatic carbocycles. The van der Waals surface area contributed by atoms with Crippen LogP contribution in [-0.2, 0) is 67.2 Å². The molecule has 2 N–H and O–H groups in total. The van der Waals surface area contributed by atoms with Crippen LogP contribution in [0.15, 0.2) is 121 Å². The van der Waals surface area contributed by atoms with Gasteiger partial charge in [0.15, 0.2) is 18.9 Å². The third kappa shape index (κ3) is 10.0.